The van der Waals surface area contributed by atoms with E-state index in [1.807, 2.05) is 13.8 Å². The minimum absolute atomic E-state index is 0.0288. The topological polar surface area (TPSA) is 62.6 Å². The molecular formula is C24H43B3F3NO3. The van der Waals surface area contributed by atoms with Gasteiger partial charge in [0.05, 0.1) is 0 Å². The number of rotatable bonds is 4. The van der Waals surface area contributed by atoms with Gasteiger partial charge >= 0.3 is 6.18 Å². The van der Waals surface area contributed by atoms with Gasteiger partial charge < -0.3 is 14.9 Å². The molecule has 1 aromatic heterocycles. The summed E-state index contributed by atoms with van der Waals surface area (Å²) in [6.45, 7) is 16.2. The summed E-state index contributed by atoms with van der Waals surface area (Å²) < 4.78 is 43.9. The summed E-state index contributed by atoms with van der Waals surface area (Å²) in [5.41, 5.74) is -1.87. The molecule has 192 valence electrons. The van der Waals surface area contributed by atoms with Crippen LogP contribution in [-0.2, 0) is 17.3 Å². The highest BCUT2D eigenvalue weighted by Gasteiger charge is 2.35. The molecule has 1 atom stereocenters. The lowest BCUT2D eigenvalue weighted by atomic mass is 9.70. The molecule has 1 fully saturated rings. The molecular weight excluding hydrogens is 440 g/mol. The normalized spacial score (nSPS) is 15.0. The molecule has 0 aromatic carbocycles. The van der Waals surface area contributed by atoms with Gasteiger partial charge in [-0.05, 0) is 43.4 Å². The first-order valence-electron chi connectivity index (χ1n) is 11.8. The second kappa shape index (κ2) is 21.3. The number of hydrogen-bond acceptors (Lipinski definition) is 4. The fourth-order valence-corrected chi connectivity index (χ4v) is 2.56. The molecule has 0 saturated carbocycles. The highest BCUT2D eigenvalue weighted by Crippen LogP contribution is 2.26. The van der Waals surface area contributed by atoms with Crippen LogP contribution in [0.2, 0.25) is 0 Å². The smallest absolute Gasteiger partial charge is 0.400 e. The van der Waals surface area contributed by atoms with E-state index in [1.165, 1.54) is 0 Å². The molecule has 2 N–H and O–H groups in total. The van der Waals surface area contributed by atoms with Gasteiger partial charge in [-0.25, -0.2) is 4.98 Å². The lowest BCUT2D eigenvalue weighted by Crippen LogP contribution is -2.46. The first kappa shape index (κ1) is 37.6. The Hall–Kier alpha value is -0.985. The summed E-state index contributed by atoms with van der Waals surface area (Å²) in [5.74, 6) is 1.58. The Morgan fingerprint density at radius 2 is 1.50 bits per heavy atom. The third kappa shape index (κ3) is 17.5. The summed E-state index contributed by atoms with van der Waals surface area (Å²) in [4.78, 5) is 3.59. The number of ether oxygens (including phenoxy) is 1. The van der Waals surface area contributed by atoms with Crippen molar-refractivity contribution in [3.63, 3.8) is 0 Å². The van der Waals surface area contributed by atoms with Crippen molar-refractivity contribution >= 4 is 39.9 Å². The van der Waals surface area contributed by atoms with Crippen LogP contribution in [0.15, 0.2) is 0 Å². The number of aromatic nitrogens is 1. The Morgan fingerprint density at radius 1 is 1.00 bits per heavy atom. The SMILES string of the molecule is CC.CC(C)C.CC(C)CCO.CO.[B]c1c(CC2CCCOC2)nc(C(F)(F)F)c([B])c1[B]. The van der Waals surface area contributed by atoms with Crippen LogP contribution >= 0.6 is 0 Å². The standard InChI is InChI=1S/C12H11B3F3NO.C5H12O.C4H10.C2H6.CH4O/c13-8-7(4-6-2-1-3-20-5-6)19-11(12(16,17)18)10(15)9(8)14;1-5(2)3-4-6;1-4(2)3;2*1-2/h6H,1-5H2;5-6H,3-4H2,1-2H3;4H,1-3H3;1-2H3;2H,1H3. The number of pyridine rings is 1. The lowest BCUT2D eigenvalue weighted by Gasteiger charge is -2.24. The third-order valence-electron chi connectivity index (χ3n) is 4.10. The third-order valence-corrected chi connectivity index (χ3v) is 4.10. The number of nitrogens with zero attached hydrogens (tertiary/aromatic N) is 1. The van der Waals surface area contributed by atoms with Crippen molar-refractivity contribution in [3.8, 4) is 0 Å². The maximum atomic E-state index is 12.9. The van der Waals surface area contributed by atoms with E-state index in [0.29, 0.717) is 32.2 Å². The zero-order chi connectivity index (χ0) is 27.5. The average molecular weight is 483 g/mol. The molecule has 0 aliphatic carbocycles. The highest BCUT2D eigenvalue weighted by molar-refractivity contribution is 6.57. The Balaban J connectivity index is -0.000000571. The molecule has 10 heteroatoms. The monoisotopic (exact) mass is 483 g/mol. The van der Waals surface area contributed by atoms with Crippen LogP contribution in [0.25, 0.3) is 0 Å². The van der Waals surface area contributed by atoms with Crippen molar-refractivity contribution in [2.24, 2.45) is 17.8 Å². The second-order valence-corrected chi connectivity index (χ2v) is 8.57. The molecule has 0 amide bonds. The molecule has 1 saturated heterocycles. The van der Waals surface area contributed by atoms with Crippen molar-refractivity contribution in [2.75, 3.05) is 26.9 Å². The zero-order valence-electron chi connectivity index (χ0n) is 22.3. The van der Waals surface area contributed by atoms with Crippen LogP contribution in [0.3, 0.4) is 0 Å². The minimum atomic E-state index is -4.65. The fraction of sp³-hybridized carbons (Fsp3) is 0.792. The largest absolute Gasteiger partial charge is 0.432 e. The van der Waals surface area contributed by atoms with E-state index in [4.69, 9.17) is 38.5 Å². The predicted molar refractivity (Wildman–Crippen MR) is 139 cm³/mol. The Labute approximate surface area is 209 Å². The van der Waals surface area contributed by atoms with Gasteiger partial charge in [-0.15, -0.1) is 5.46 Å². The van der Waals surface area contributed by atoms with E-state index in [-0.39, 0.29) is 22.5 Å². The van der Waals surface area contributed by atoms with Crippen LogP contribution in [0.1, 0.15) is 79.1 Å². The molecule has 1 unspecified atom stereocenters. The van der Waals surface area contributed by atoms with Crippen LogP contribution < -0.4 is 16.4 Å². The number of halogens is 3. The number of aliphatic hydroxyl groups excluding tert-OH is 2. The van der Waals surface area contributed by atoms with Gasteiger partial charge in [-0.1, -0.05) is 59.4 Å². The lowest BCUT2D eigenvalue weighted by molar-refractivity contribution is -0.140. The summed E-state index contributed by atoms with van der Waals surface area (Å²) in [7, 11) is 17.7. The van der Waals surface area contributed by atoms with Crippen LogP contribution in [0, 0.1) is 17.8 Å². The minimum Gasteiger partial charge on any atom is -0.400 e. The van der Waals surface area contributed by atoms with E-state index < -0.39 is 17.3 Å². The van der Waals surface area contributed by atoms with E-state index in [2.05, 4.69) is 39.6 Å². The van der Waals surface area contributed by atoms with Crippen molar-refractivity contribution in [1.82, 2.24) is 4.98 Å². The number of aliphatic hydroxyl groups is 2. The van der Waals surface area contributed by atoms with E-state index in [1.54, 1.807) is 0 Å². The molecule has 4 nitrogen and oxygen atoms in total. The molecule has 2 rings (SSSR count). The summed E-state index contributed by atoms with van der Waals surface area (Å²) in [6, 6.07) is 0. The summed E-state index contributed by atoms with van der Waals surface area (Å²) in [6.07, 6.45) is -1.67. The van der Waals surface area contributed by atoms with Crippen LogP contribution in [0.4, 0.5) is 13.2 Å². The molecule has 1 aromatic rings. The van der Waals surface area contributed by atoms with Gasteiger partial charge in [0, 0.05) is 32.6 Å². The summed E-state index contributed by atoms with van der Waals surface area (Å²) >= 11 is 0. The van der Waals surface area contributed by atoms with Crippen molar-refractivity contribution in [2.45, 2.75) is 80.3 Å². The maximum Gasteiger partial charge on any atom is 0.432 e. The van der Waals surface area contributed by atoms with Gasteiger partial charge in [-0.2, -0.15) is 13.2 Å². The summed E-state index contributed by atoms with van der Waals surface area (Å²) in [5, 5.41) is 15.2. The first-order chi connectivity index (χ1) is 15.8. The molecule has 1 aliphatic rings. The van der Waals surface area contributed by atoms with Crippen molar-refractivity contribution < 1.29 is 28.1 Å². The van der Waals surface area contributed by atoms with Gasteiger partial charge in [0.2, 0.25) is 0 Å². The maximum absolute atomic E-state index is 12.9. The molecule has 34 heavy (non-hydrogen) atoms. The zero-order valence-corrected chi connectivity index (χ0v) is 22.3. The molecule has 0 bridgehead atoms. The van der Waals surface area contributed by atoms with Gasteiger partial charge in [0.25, 0.3) is 0 Å². The molecule has 1 aliphatic heterocycles. The van der Waals surface area contributed by atoms with E-state index in [9.17, 15) is 13.2 Å². The first-order valence-corrected chi connectivity index (χ1v) is 11.8. The molecule has 2 heterocycles. The average Bonchev–Trinajstić information content (AvgIpc) is 2.77. The Morgan fingerprint density at radius 3 is 1.82 bits per heavy atom. The van der Waals surface area contributed by atoms with Crippen LogP contribution in [0.5, 0.6) is 0 Å². The Kier molecular flexibility index (Phi) is 23.5. The van der Waals surface area contributed by atoms with Gasteiger partial charge in [0.1, 0.15) is 29.2 Å². The van der Waals surface area contributed by atoms with Gasteiger partial charge in [0.15, 0.2) is 0 Å². The number of hydrogen-bond donors (Lipinski definition) is 2. The number of alkyl halides is 3. The van der Waals surface area contributed by atoms with E-state index >= 15 is 0 Å². The molecule has 6 radical (unpaired) electrons. The fourth-order valence-electron chi connectivity index (χ4n) is 2.56. The molecule has 0 spiro atoms. The Bertz CT molecular complexity index is 623. The van der Waals surface area contributed by atoms with Crippen LogP contribution in [-0.4, -0.2) is 65.7 Å². The van der Waals surface area contributed by atoms with E-state index in [0.717, 1.165) is 32.3 Å². The predicted octanol–water partition coefficient (Wildman–Crippen LogP) is 2.77. The highest BCUT2D eigenvalue weighted by atomic mass is 19.4. The van der Waals surface area contributed by atoms with Crippen molar-refractivity contribution in [3.05, 3.63) is 11.4 Å². The van der Waals surface area contributed by atoms with Gasteiger partial charge in [-0.3, -0.25) is 0 Å². The quantitative estimate of drug-likeness (QED) is 0.648. The second-order valence-electron chi connectivity index (χ2n) is 8.57. The van der Waals surface area contributed by atoms with Crippen molar-refractivity contribution in [1.29, 1.82) is 0 Å².